The summed E-state index contributed by atoms with van der Waals surface area (Å²) in [5.74, 6) is 6.01. The lowest BCUT2D eigenvalue weighted by atomic mass is 10.1. The van der Waals surface area contributed by atoms with Gasteiger partial charge in [0.05, 0.1) is 5.33 Å². The van der Waals surface area contributed by atoms with Crippen molar-refractivity contribution in [1.29, 1.82) is 0 Å². The van der Waals surface area contributed by atoms with Gasteiger partial charge in [0.15, 0.2) is 0 Å². The van der Waals surface area contributed by atoms with E-state index in [4.69, 9.17) is 0 Å². The molecule has 1 N–H and O–H groups in total. The Morgan fingerprint density at radius 1 is 1.31 bits per heavy atom. The van der Waals surface area contributed by atoms with Crippen molar-refractivity contribution in [2.75, 3.05) is 12.4 Å². The van der Waals surface area contributed by atoms with Crippen LogP contribution in [0.5, 0.6) is 0 Å². The summed E-state index contributed by atoms with van der Waals surface area (Å²) in [4.78, 5) is 0. The number of halogens is 1. The van der Waals surface area contributed by atoms with Crippen molar-refractivity contribution < 1.29 is 0 Å². The fourth-order valence-electron chi connectivity index (χ4n) is 1.05. The zero-order chi connectivity index (χ0) is 9.52. The SMILES string of the molecule is CNCc1ccc(C#CCBr)cc1. The molecule has 0 fully saturated rings. The second-order valence-electron chi connectivity index (χ2n) is 2.66. The minimum absolute atomic E-state index is 0.727. The first-order chi connectivity index (χ1) is 6.36. The van der Waals surface area contributed by atoms with E-state index in [2.05, 4.69) is 45.2 Å². The summed E-state index contributed by atoms with van der Waals surface area (Å²) >= 11 is 3.26. The van der Waals surface area contributed by atoms with Gasteiger partial charge in [0, 0.05) is 12.1 Å². The first-order valence-electron chi connectivity index (χ1n) is 4.15. The number of hydrogen-bond acceptors (Lipinski definition) is 1. The number of nitrogens with one attached hydrogen (secondary N) is 1. The summed E-state index contributed by atoms with van der Waals surface area (Å²) in [5, 5.41) is 3.83. The molecule has 0 unspecified atom stereocenters. The molecule has 0 bridgehead atoms. The molecule has 1 rings (SSSR count). The molecule has 0 heterocycles. The molecule has 1 aromatic rings. The molecule has 0 aliphatic carbocycles. The van der Waals surface area contributed by atoms with E-state index in [-0.39, 0.29) is 0 Å². The van der Waals surface area contributed by atoms with Crippen molar-refractivity contribution in [3.63, 3.8) is 0 Å². The van der Waals surface area contributed by atoms with E-state index < -0.39 is 0 Å². The van der Waals surface area contributed by atoms with Crippen LogP contribution in [0.15, 0.2) is 24.3 Å². The highest BCUT2D eigenvalue weighted by molar-refractivity contribution is 9.09. The van der Waals surface area contributed by atoms with Crippen LogP contribution in [0.2, 0.25) is 0 Å². The first kappa shape index (κ1) is 10.3. The van der Waals surface area contributed by atoms with E-state index >= 15 is 0 Å². The predicted molar refractivity (Wildman–Crippen MR) is 59.9 cm³/mol. The van der Waals surface area contributed by atoms with Crippen LogP contribution in [-0.2, 0) is 6.54 Å². The Hall–Kier alpha value is -0.780. The molecule has 13 heavy (non-hydrogen) atoms. The Morgan fingerprint density at radius 2 is 2.00 bits per heavy atom. The molecule has 0 aliphatic heterocycles. The summed E-state index contributed by atoms with van der Waals surface area (Å²) < 4.78 is 0. The Kier molecular flexibility index (Phi) is 4.59. The van der Waals surface area contributed by atoms with E-state index in [1.54, 1.807) is 0 Å². The van der Waals surface area contributed by atoms with Crippen molar-refractivity contribution in [3.8, 4) is 11.8 Å². The largest absolute Gasteiger partial charge is 0.316 e. The smallest absolute Gasteiger partial charge is 0.0649 e. The maximum Gasteiger partial charge on any atom is 0.0649 e. The molecular weight excluding hydrogens is 226 g/mol. The number of rotatable bonds is 2. The van der Waals surface area contributed by atoms with Crippen LogP contribution in [-0.4, -0.2) is 12.4 Å². The van der Waals surface area contributed by atoms with Gasteiger partial charge >= 0.3 is 0 Å². The van der Waals surface area contributed by atoms with Gasteiger partial charge in [0.1, 0.15) is 0 Å². The molecule has 1 nitrogen and oxygen atoms in total. The van der Waals surface area contributed by atoms with Crippen molar-refractivity contribution >= 4 is 15.9 Å². The highest BCUT2D eigenvalue weighted by Gasteiger charge is 1.89. The molecule has 0 aromatic heterocycles. The van der Waals surface area contributed by atoms with E-state index in [1.165, 1.54) is 5.56 Å². The van der Waals surface area contributed by atoms with Gasteiger partial charge in [-0.05, 0) is 24.7 Å². The van der Waals surface area contributed by atoms with E-state index in [0.29, 0.717) is 0 Å². The van der Waals surface area contributed by atoms with Crippen LogP contribution in [0.3, 0.4) is 0 Å². The normalized spacial score (nSPS) is 9.08. The molecule has 0 amide bonds. The van der Waals surface area contributed by atoms with Crippen molar-refractivity contribution in [2.24, 2.45) is 0 Å². The van der Waals surface area contributed by atoms with E-state index in [0.717, 1.165) is 17.4 Å². The Labute approximate surface area is 87.7 Å². The van der Waals surface area contributed by atoms with Gasteiger partial charge in [-0.15, -0.1) is 0 Å². The molecule has 1 aromatic carbocycles. The first-order valence-corrected chi connectivity index (χ1v) is 5.27. The Bertz CT molecular complexity index is 305. The molecule has 0 aliphatic rings. The molecule has 0 atom stereocenters. The minimum Gasteiger partial charge on any atom is -0.316 e. The van der Waals surface area contributed by atoms with Gasteiger partial charge in [-0.3, -0.25) is 0 Å². The van der Waals surface area contributed by atoms with E-state index in [1.807, 2.05) is 19.2 Å². The second kappa shape index (κ2) is 5.80. The summed E-state index contributed by atoms with van der Waals surface area (Å²) in [5.41, 5.74) is 2.35. The molecule has 0 saturated carbocycles. The second-order valence-corrected chi connectivity index (χ2v) is 3.22. The highest BCUT2D eigenvalue weighted by atomic mass is 79.9. The summed E-state index contributed by atoms with van der Waals surface area (Å²) in [7, 11) is 1.94. The standard InChI is InChI=1S/C11H12BrN/c1-13-9-11-6-4-10(5-7-11)3-2-8-12/h4-7,13H,8-9H2,1H3. The Morgan fingerprint density at radius 3 is 2.54 bits per heavy atom. The molecule has 0 saturated heterocycles. The lowest BCUT2D eigenvalue weighted by Gasteiger charge is -1.98. The third-order valence-electron chi connectivity index (χ3n) is 1.63. The lowest BCUT2D eigenvalue weighted by Crippen LogP contribution is -2.04. The monoisotopic (exact) mass is 237 g/mol. The van der Waals surface area contributed by atoms with Crippen molar-refractivity contribution in [3.05, 3.63) is 35.4 Å². The third-order valence-corrected chi connectivity index (χ3v) is 1.91. The Balaban J connectivity index is 2.69. The van der Waals surface area contributed by atoms with Gasteiger partial charge in [-0.25, -0.2) is 0 Å². The molecule has 0 spiro atoms. The third kappa shape index (κ3) is 3.63. The summed E-state index contributed by atoms with van der Waals surface area (Å²) in [6.45, 7) is 0.909. The van der Waals surface area contributed by atoms with Gasteiger partial charge in [-0.1, -0.05) is 39.9 Å². The molecule has 0 radical (unpaired) electrons. The lowest BCUT2D eigenvalue weighted by molar-refractivity contribution is 0.818. The van der Waals surface area contributed by atoms with Crippen LogP contribution >= 0.6 is 15.9 Å². The highest BCUT2D eigenvalue weighted by Crippen LogP contribution is 2.02. The maximum absolute atomic E-state index is 3.26. The zero-order valence-electron chi connectivity index (χ0n) is 7.60. The summed E-state index contributed by atoms with van der Waals surface area (Å²) in [6, 6.07) is 8.27. The number of hydrogen-bond donors (Lipinski definition) is 1. The quantitative estimate of drug-likeness (QED) is 0.615. The molecule has 2 heteroatoms. The fraction of sp³-hybridized carbons (Fsp3) is 0.273. The number of benzene rings is 1. The summed E-state index contributed by atoms with van der Waals surface area (Å²) in [6.07, 6.45) is 0. The zero-order valence-corrected chi connectivity index (χ0v) is 9.19. The van der Waals surface area contributed by atoms with Gasteiger partial charge < -0.3 is 5.32 Å². The van der Waals surface area contributed by atoms with Crippen LogP contribution in [0.1, 0.15) is 11.1 Å². The van der Waals surface area contributed by atoms with Crippen LogP contribution in [0, 0.1) is 11.8 Å². The molecular formula is C11H12BrN. The maximum atomic E-state index is 3.26. The molecule has 68 valence electrons. The van der Waals surface area contributed by atoms with Crippen LogP contribution < -0.4 is 5.32 Å². The average molecular weight is 238 g/mol. The van der Waals surface area contributed by atoms with Gasteiger partial charge in [0.25, 0.3) is 0 Å². The van der Waals surface area contributed by atoms with Crippen molar-refractivity contribution in [2.45, 2.75) is 6.54 Å². The predicted octanol–water partition coefficient (Wildman–Crippen LogP) is 2.15. The van der Waals surface area contributed by atoms with E-state index in [9.17, 15) is 0 Å². The van der Waals surface area contributed by atoms with Gasteiger partial charge in [-0.2, -0.15) is 0 Å². The topological polar surface area (TPSA) is 12.0 Å². The van der Waals surface area contributed by atoms with Crippen LogP contribution in [0.4, 0.5) is 0 Å². The average Bonchev–Trinajstić information content (AvgIpc) is 2.17. The number of alkyl halides is 1. The van der Waals surface area contributed by atoms with Crippen molar-refractivity contribution in [1.82, 2.24) is 5.32 Å². The minimum atomic E-state index is 0.727. The van der Waals surface area contributed by atoms with Crippen LogP contribution in [0.25, 0.3) is 0 Å². The van der Waals surface area contributed by atoms with Gasteiger partial charge in [0.2, 0.25) is 0 Å². The fourth-order valence-corrected chi connectivity index (χ4v) is 1.19.